The molecule has 106 valence electrons. The fourth-order valence-corrected chi connectivity index (χ4v) is 1.85. The number of nitrogens with one attached hydrogen (secondary N) is 1. The number of benzene rings is 1. The Morgan fingerprint density at radius 2 is 2.10 bits per heavy atom. The van der Waals surface area contributed by atoms with Gasteiger partial charge in [-0.2, -0.15) is 0 Å². The van der Waals surface area contributed by atoms with Gasteiger partial charge in [-0.05, 0) is 31.4 Å². The third kappa shape index (κ3) is 2.88. The fourth-order valence-electron chi connectivity index (χ4n) is 1.85. The molecule has 20 heavy (non-hydrogen) atoms. The maximum absolute atomic E-state index is 12.2. The summed E-state index contributed by atoms with van der Waals surface area (Å²) in [6.07, 6.45) is 0. The van der Waals surface area contributed by atoms with E-state index in [1.54, 1.807) is 19.9 Å². The third-order valence-corrected chi connectivity index (χ3v) is 2.98. The van der Waals surface area contributed by atoms with Crippen molar-refractivity contribution in [3.63, 3.8) is 0 Å². The lowest BCUT2D eigenvalue weighted by Gasteiger charge is -2.23. The molecule has 1 heterocycles. The van der Waals surface area contributed by atoms with E-state index in [4.69, 9.17) is 4.74 Å². The van der Waals surface area contributed by atoms with Crippen LogP contribution in [-0.4, -0.2) is 35.3 Å². The number of pyridine rings is 1. The molecular formula is C15H18N2O3. The van der Waals surface area contributed by atoms with E-state index < -0.39 is 5.54 Å². The van der Waals surface area contributed by atoms with Gasteiger partial charge in [0.15, 0.2) is 0 Å². The minimum absolute atomic E-state index is 0.149. The van der Waals surface area contributed by atoms with Crippen molar-refractivity contribution in [2.45, 2.75) is 19.4 Å². The zero-order chi connectivity index (χ0) is 14.8. The van der Waals surface area contributed by atoms with Crippen LogP contribution in [0.4, 0.5) is 0 Å². The summed E-state index contributed by atoms with van der Waals surface area (Å²) in [7, 11) is 1.52. The minimum Gasteiger partial charge on any atom is -0.481 e. The molecule has 1 aromatic heterocycles. The number of methoxy groups -OCH3 is 1. The number of nitrogens with zero attached hydrogens (tertiary/aromatic N) is 1. The lowest BCUT2D eigenvalue weighted by atomic mass is 10.1. The Kier molecular flexibility index (Phi) is 3.90. The van der Waals surface area contributed by atoms with Crippen LogP contribution in [0.25, 0.3) is 10.8 Å². The Morgan fingerprint density at radius 3 is 2.75 bits per heavy atom. The molecule has 1 amide bonds. The molecule has 0 spiro atoms. The molecule has 0 radical (unpaired) electrons. The van der Waals surface area contributed by atoms with Crippen LogP contribution in [0.2, 0.25) is 0 Å². The minimum atomic E-state index is -0.697. The molecule has 0 aliphatic rings. The normalized spacial score (nSPS) is 11.4. The second-order valence-corrected chi connectivity index (χ2v) is 5.23. The maximum atomic E-state index is 12.2. The zero-order valence-corrected chi connectivity index (χ0v) is 11.8. The van der Waals surface area contributed by atoms with Crippen molar-refractivity contribution in [1.82, 2.24) is 10.3 Å². The van der Waals surface area contributed by atoms with E-state index in [9.17, 15) is 9.90 Å². The highest BCUT2D eigenvalue weighted by atomic mass is 16.5. The predicted molar refractivity (Wildman–Crippen MR) is 76.9 cm³/mol. The quantitative estimate of drug-likeness (QED) is 0.891. The SMILES string of the molecule is COc1nc(C(=O)NC(C)(C)CO)cc2ccccc12. The van der Waals surface area contributed by atoms with Gasteiger partial charge in [0.05, 0.1) is 19.3 Å². The van der Waals surface area contributed by atoms with Gasteiger partial charge in [0, 0.05) is 5.39 Å². The highest BCUT2D eigenvalue weighted by Gasteiger charge is 2.21. The predicted octanol–water partition coefficient (Wildman–Crippen LogP) is 1.74. The number of hydrogen-bond acceptors (Lipinski definition) is 4. The van der Waals surface area contributed by atoms with Gasteiger partial charge in [-0.25, -0.2) is 4.98 Å². The summed E-state index contributed by atoms with van der Waals surface area (Å²) in [6.45, 7) is 3.33. The molecule has 0 atom stereocenters. The highest BCUT2D eigenvalue weighted by molar-refractivity contribution is 5.98. The van der Waals surface area contributed by atoms with E-state index >= 15 is 0 Å². The summed E-state index contributed by atoms with van der Waals surface area (Å²) in [5, 5.41) is 13.7. The van der Waals surface area contributed by atoms with Crippen LogP contribution < -0.4 is 10.1 Å². The van der Waals surface area contributed by atoms with Gasteiger partial charge in [-0.15, -0.1) is 0 Å². The molecule has 5 nitrogen and oxygen atoms in total. The molecule has 2 N–H and O–H groups in total. The molecule has 2 aromatic rings. The topological polar surface area (TPSA) is 71.5 Å². The molecule has 0 aliphatic carbocycles. The number of carbonyl (C=O) groups is 1. The molecule has 5 heteroatoms. The molecule has 0 unspecified atom stereocenters. The van der Waals surface area contributed by atoms with Crippen LogP contribution in [0.3, 0.4) is 0 Å². The summed E-state index contributed by atoms with van der Waals surface area (Å²) in [5.74, 6) is 0.0724. The number of fused-ring (bicyclic) bond motifs is 1. The summed E-state index contributed by atoms with van der Waals surface area (Å²) < 4.78 is 5.23. The Morgan fingerprint density at radius 1 is 1.40 bits per heavy atom. The number of aromatic nitrogens is 1. The van der Waals surface area contributed by atoms with Crippen LogP contribution in [-0.2, 0) is 0 Å². The molecule has 0 bridgehead atoms. The van der Waals surface area contributed by atoms with Gasteiger partial charge < -0.3 is 15.2 Å². The molecule has 0 aliphatic heterocycles. The number of ether oxygens (including phenoxy) is 1. The van der Waals surface area contributed by atoms with Crippen LogP contribution in [0.5, 0.6) is 5.88 Å². The van der Waals surface area contributed by atoms with Crippen molar-refractivity contribution in [2.24, 2.45) is 0 Å². The van der Waals surface area contributed by atoms with Crippen LogP contribution in [0.15, 0.2) is 30.3 Å². The molecule has 1 aromatic carbocycles. The number of aliphatic hydroxyl groups is 1. The summed E-state index contributed by atoms with van der Waals surface area (Å²) >= 11 is 0. The van der Waals surface area contributed by atoms with E-state index in [0.29, 0.717) is 5.88 Å². The molecule has 0 saturated heterocycles. The van der Waals surface area contributed by atoms with Crippen LogP contribution in [0.1, 0.15) is 24.3 Å². The van der Waals surface area contributed by atoms with Gasteiger partial charge >= 0.3 is 0 Å². The Hall–Kier alpha value is -2.14. The van der Waals surface area contributed by atoms with Crippen molar-refractivity contribution in [3.05, 3.63) is 36.0 Å². The first-order valence-corrected chi connectivity index (χ1v) is 6.34. The monoisotopic (exact) mass is 274 g/mol. The Balaban J connectivity index is 2.42. The highest BCUT2D eigenvalue weighted by Crippen LogP contribution is 2.24. The number of rotatable bonds is 4. The lowest BCUT2D eigenvalue weighted by Crippen LogP contribution is -2.46. The first-order valence-electron chi connectivity index (χ1n) is 6.34. The van der Waals surface area contributed by atoms with Crippen LogP contribution >= 0.6 is 0 Å². The zero-order valence-electron chi connectivity index (χ0n) is 11.8. The number of hydrogen-bond donors (Lipinski definition) is 2. The third-order valence-electron chi connectivity index (χ3n) is 2.98. The van der Waals surface area contributed by atoms with E-state index in [2.05, 4.69) is 10.3 Å². The van der Waals surface area contributed by atoms with Crippen molar-refractivity contribution in [3.8, 4) is 5.88 Å². The van der Waals surface area contributed by atoms with Crippen molar-refractivity contribution < 1.29 is 14.6 Å². The summed E-state index contributed by atoms with van der Waals surface area (Å²) in [5.41, 5.74) is -0.431. The van der Waals surface area contributed by atoms with E-state index in [-0.39, 0.29) is 18.2 Å². The van der Waals surface area contributed by atoms with E-state index in [0.717, 1.165) is 10.8 Å². The van der Waals surface area contributed by atoms with Gasteiger partial charge in [0.1, 0.15) is 5.69 Å². The molecule has 0 saturated carbocycles. The van der Waals surface area contributed by atoms with Crippen LogP contribution in [0, 0.1) is 0 Å². The Labute approximate surface area is 117 Å². The number of amides is 1. The summed E-state index contributed by atoms with van der Waals surface area (Å²) in [4.78, 5) is 16.4. The largest absolute Gasteiger partial charge is 0.481 e. The average Bonchev–Trinajstić information content (AvgIpc) is 2.45. The van der Waals surface area contributed by atoms with Crippen molar-refractivity contribution in [1.29, 1.82) is 0 Å². The first kappa shape index (κ1) is 14.3. The van der Waals surface area contributed by atoms with Gasteiger partial charge in [-0.1, -0.05) is 18.2 Å². The van der Waals surface area contributed by atoms with Crippen molar-refractivity contribution >= 4 is 16.7 Å². The van der Waals surface area contributed by atoms with Gasteiger partial charge in [0.25, 0.3) is 5.91 Å². The molecular weight excluding hydrogens is 256 g/mol. The smallest absolute Gasteiger partial charge is 0.270 e. The number of carbonyl (C=O) groups excluding carboxylic acids is 1. The lowest BCUT2D eigenvalue weighted by molar-refractivity contribution is 0.0863. The second kappa shape index (κ2) is 5.46. The molecule has 2 rings (SSSR count). The van der Waals surface area contributed by atoms with Gasteiger partial charge in [0.2, 0.25) is 5.88 Å². The van der Waals surface area contributed by atoms with Crippen molar-refractivity contribution in [2.75, 3.05) is 13.7 Å². The van der Waals surface area contributed by atoms with Gasteiger partial charge in [-0.3, -0.25) is 4.79 Å². The first-order chi connectivity index (χ1) is 9.46. The maximum Gasteiger partial charge on any atom is 0.270 e. The Bertz CT molecular complexity index is 638. The average molecular weight is 274 g/mol. The molecule has 0 fully saturated rings. The fraction of sp³-hybridized carbons (Fsp3) is 0.333. The summed E-state index contributed by atoms with van der Waals surface area (Å²) in [6, 6.07) is 9.27. The standard InChI is InChI=1S/C15H18N2O3/c1-15(2,9-18)17-13(19)12-8-10-6-4-5-7-11(10)14(16-12)20-3/h4-8,18H,9H2,1-3H3,(H,17,19). The van der Waals surface area contributed by atoms with E-state index in [1.807, 2.05) is 24.3 Å². The number of aliphatic hydroxyl groups excluding tert-OH is 1. The second-order valence-electron chi connectivity index (χ2n) is 5.23. The van der Waals surface area contributed by atoms with E-state index in [1.165, 1.54) is 7.11 Å².